The van der Waals surface area contributed by atoms with Crippen molar-refractivity contribution in [3.8, 4) is 10.7 Å². The summed E-state index contributed by atoms with van der Waals surface area (Å²) < 4.78 is 0. The third-order valence-corrected chi connectivity index (χ3v) is 3.89. The Balaban J connectivity index is 2.39. The largest absolute Gasteiger partial charge is 0.481 e. The lowest BCUT2D eigenvalue weighted by Crippen LogP contribution is -2.14. The van der Waals surface area contributed by atoms with E-state index in [1.165, 1.54) is 11.3 Å². The maximum absolute atomic E-state index is 10.8. The van der Waals surface area contributed by atoms with Gasteiger partial charge >= 0.3 is 5.97 Å². The molecule has 20 heavy (non-hydrogen) atoms. The molecule has 1 N–H and O–H groups in total. The minimum atomic E-state index is -0.792. The van der Waals surface area contributed by atoms with Gasteiger partial charge in [-0.15, -0.1) is 11.3 Å². The van der Waals surface area contributed by atoms with E-state index < -0.39 is 5.97 Å². The van der Waals surface area contributed by atoms with E-state index in [-0.39, 0.29) is 11.8 Å². The van der Waals surface area contributed by atoms with Gasteiger partial charge < -0.3 is 5.11 Å². The van der Waals surface area contributed by atoms with Gasteiger partial charge in [0.15, 0.2) is 0 Å². The first-order valence-corrected chi connectivity index (χ1v) is 7.18. The minimum Gasteiger partial charge on any atom is -0.481 e. The van der Waals surface area contributed by atoms with Crippen molar-refractivity contribution in [2.75, 3.05) is 0 Å². The topological polar surface area (TPSA) is 76.0 Å². The Morgan fingerprint density at radius 2 is 2.10 bits per heavy atom. The highest BCUT2D eigenvalue weighted by Gasteiger charge is 2.24. The normalized spacial score (nSPS) is 11.6. The summed E-state index contributed by atoms with van der Waals surface area (Å²) in [5, 5.41) is 9.65. The number of carboxylic acid groups (broad SMARTS) is 1. The molecular formula is C14H17N3O2S. The van der Waals surface area contributed by atoms with Crippen molar-refractivity contribution in [3.05, 3.63) is 29.2 Å². The Labute approximate surface area is 121 Å². The van der Waals surface area contributed by atoms with Crippen molar-refractivity contribution in [2.24, 2.45) is 0 Å². The SMILES string of the molecule is CC(C)(C)c1nc(-c2cnccn2)sc1CCC(=O)O. The van der Waals surface area contributed by atoms with Crippen LogP contribution in [0.1, 0.15) is 37.8 Å². The van der Waals surface area contributed by atoms with Crippen molar-refractivity contribution in [1.29, 1.82) is 0 Å². The lowest BCUT2D eigenvalue weighted by atomic mass is 9.90. The third-order valence-electron chi connectivity index (χ3n) is 2.76. The number of thiazole rings is 1. The van der Waals surface area contributed by atoms with E-state index >= 15 is 0 Å². The molecule has 5 nitrogen and oxygen atoms in total. The van der Waals surface area contributed by atoms with Gasteiger partial charge in [0, 0.05) is 22.7 Å². The van der Waals surface area contributed by atoms with Gasteiger partial charge in [-0.25, -0.2) is 4.98 Å². The molecule has 0 spiro atoms. The second kappa shape index (κ2) is 5.66. The third kappa shape index (κ3) is 3.39. The van der Waals surface area contributed by atoms with E-state index in [1.54, 1.807) is 18.6 Å². The van der Waals surface area contributed by atoms with Crippen molar-refractivity contribution in [2.45, 2.75) is 39.0 Å². The van der Waals surface area contributed by atoms with Gasteiger partial charge in [0.05, 0.1) is 18.3 Å². The van der Waals surface area contributed by atoms with Crippen LogP contribution in [0.3, 0.4) is 0 Å². The quantitative estimate of drug-likeness (QED) is 0.937. The highest BCUT2D eigenvalue weighted by atomic mass is 32.1. The van der Waals surface area contributed by atoms with Gasteiger partial charge in [0.25, 0.3) is 0 Å². The summed E-state index contributed by atoms with van der Waals surface area (Å²) in [7, 11) is 0. The van der Waals surface area contributed by atoms with E-state index in [0.717, 1.165) is 21.3 Å². The molecule has 0 saturated carbocycles. The molecule has 0 unspecified atom stereocenters. The molecule has 0 aliphatic carbocycles. The number of aryl methyl sites for hydroxylation is 1. The van der Waals surface area contributed by atoms with E-state index in [4.69, 9.17) is 5.11 Å². The predicted molar refractivity (Wildman–Crippen MR) is 77.8 cm³/mol. The van der Waals surface area contributed by atoms with Crippen LogP contribution < -0.4 is 0 Å². The first kappa shape index (κ1) is 14.6. The highest BCUT2D eigenvalue weighted by Crippen LogP contribution is 2.34. The molecule has 2 aromatic heterocycles. The Hall–Kier alpha value is -1.82. The van der Waals surface area contributed by atoms with Gasteiger partial charge in [-0.3, -0.25) is 14.8 Å². The zero-order valence-electron chi connectivity index (χ0n) is 11.8. The van der Waals surface area contributed by atoms with Crippen LogP contribution in [-0.2, 0) is 16.6 Å². The van der Waals surface area contributed by atoms with Crippen molar-refractivity contribution in [3.63, 3.8) is 0 Å². The molecule has 0 fully saturated rings. The Morgan fingerprint density at radius 3 is 2.65 bits per heavy atom. The molecule has 0 atom stereocenters. The van der Waals surface area contributed by atoms with Crippen LogP contribution in [0.5, 0.6) is 0 Å². The van der Waals surface area contributed by atoms with Crippen LogP contribution in [-0.4, -0.2) is 26.0 Å². The molecule has 0 aliphatic rings. The number of carboxylic acids is 1. The zero-order chi connectivity index (χ0) is 14.8. The van der Waals surface area contributed by atoms with Gasteiger partial charge in [-0.2, -0.15) is 0 Å². The van der Waals surface area contributed by atoms with E-state index in [2.05, 4.69) is 35.7 Å². The van der Waals surface area contributed by atoms with Crippen molar-refractivity contribution >= 4 is 17.3 Å². The smallest absolute Gasteiger partial charge is 0.303 e. The molecule has 2 heterocycles. The average Bonchev–Trinajstić information content (AvgIpc) is 2.81. The Morgan fingerprint density at radius 1 is 1.35 bits per heavy atom. The summed E-state index contributed by atoms with van der Waals surface area (Å²) in [5.74, 6) is -0.792. The lowest BCUT2D eigenvalue weighted by Gasteiger charge is -2.17. The maximum Gasteiger partial charge on any atom is 0.303 e. The average molecular weight is 291 g/mol. The summed E-state index contributed by atoms with van der Waals surface area (Å²) in [5.41, 5.74) is 1.55. The summed E-state index contributed by atoms with van der Waals surface area (Å²) in [4.78, 5) is 24.7. The Kier molecular flexibility index (Phi) is 4.13. The van der Waals surface area contributed by atoms with Crippen molar-refractivity contribution < 1.29 is 9.90 Å². The molecule has 0 radical (unpaired) electrons. The van der Waals surface area contributed by atoms with Gasteiger partial charge in [0.2, 0.25) is 0 Å². The van der Waals surface area contributed by atoms with E-state index in [0.29, 0.717) is 6.42 Å². The number of carbonyl (C=O) groups is 1. The maximum atomic E-state index is 10.8. The fourth-order valence-corrected chi connectivity index (χ4v) is 3.08. The van der Waals surface area contributed by atoms with Gasteiger partial charge in [0.1, 0.15) is 10.7 Å². The predicted octanol–water partition coefficient (Wildman–Crippen LogP) is 2.91. The fraction of sp³-hybridized carbons (Fsp3) is 0.429. The summed E-state index contributed by atoms with van der Waals surface area (Å²) in [6.45, 7) is 6.23. The van der Waals surface area contributed by atoms with E-state index in [9.17, 15) is 4.79 Å². The number of hydrogen-bond acceptors (Lipinski definition) is 5. The molecule has 0 aliphatic heterocycles. The monoisotopic (exact) mass is 291 g/mol. The van der Waals surface area contributed by atoms with Crippen LogP contribution in [0.2, 0.25) is 0 Å². The van der Waals surface area contributed by atoms with Crippen LogP contribution in [0, 0.1) is 0 Å². The van der Waals surface area contributed by atoms with Crippen LogP contribution >= 0.6 is 11.3 Å². The number of rotatable bonds is 4. The number of aromatic nitrogens is 3. The second-order valence-electron chi connectivity index (χ2n) is 5.53. The summed E-state index contributed by atoms with van der Waals surface area (Å²) in [6, 6.07) is 0. The Bertz CT molecular complexity index is 603. The number of nitrogens with zero attached hydrogens (tertiary/aromatic N) is 3. The minimum absolute atomic E-state index is 0.116. The number of hydrogen-bond donors (Lipinski definition) is 1. The van der Waals surface area contributed by atoms with Crippen LogP contribution in [0.25, 0.3) is 10.7 Å². The molecule has 0 aromatic carbocycles. The molecule has 0 saturated heterocycles. The van der Waals surface area contributed by atoms with Gasteiger partial charge in [-0.1, -0.05) is 20.8 Å². The number of aliphatic carboxylic acids is 1. The molecule has 2 aromatic rings. The van der Waals surface area contributed by atoms with Crippen LogP contribution in [0.15, 0.2) is 18.6 Å². The molecule has 106 valence electrons. The van der Waals surface area contributed by atoms with Gasteiger partial charge in [-0.05, 0) is 6.42 Å². The molecule has 6 heteroatoms. The standard InChI is InChI=1S/C14H17N3O2S/c1-14(2,3)12-10(4-5-11(18)19)20-13(17-12)9-8-15-6-7-16-9/h6-8H,4-5H2,1-3H3,(H,18,19). The van der Waals surface area contributed by atoms with E-state index in [1.807, 2.05) is 0 Å². The molecular weight excluding hydrogens is 274 g/mol. The first-order valence-electron chi connectivity index (χ1n) is 6.36. The first-order chi connectivity index (χ1) is 9.38. The lowest BCUT2D eigenvalue weighted by molar-refractivity contribution is -0.136. The highest BCUT2D eigenvalue weighted by molar-refractivity contribution is 7.15. The summed E-state index contributed by atoms with van der Waals surface area (Å²) >= 11 is 1.50. The zero-order valence-corrected chi connectivity index (χ0v) is 12.6. The second-order valence-corrected chi connectivity index (χ2v) is 6.61. The van der Waals surface area contributed by atoms with Crippen LogP contribution in [0.4, 0.5) is 0 Å². The molecule has 2 rings (SSSR count). The molecule has 0 amide bonds. The summed E-state index contributed by atoms with van der Waals surface area (Å²) in [6.07, 6.45) is 5.54. The fourth-order valence-electron chi connectivity index (χ4n) is 1.85. The van der Waals surface area contributed by atoms with Crippen molar-refractivity contribution in [1.82, 2.24) is 15.0 Å². The molecule has 0 bridgehead atoms.